The van der Waals surface area contributed by atoms with Crippen molar-refractivity contribution in [2.75, 3.05) is 28.8 Å². The minimum Gasteiger partial charge on any atom is -0.354 e. The second-order valence-corrected chi connectivity index (χ2v) is 9.77. The fourth-order valence-corrected chi connectivity index (χ4v) is 6.35. The van der Waals surface area contributed by atoms with Crippen LogP contribution in [0.25, 0.3) is 5.65 Å². The molecule has 0 amide bonds. The molecule has 0 bridgehead atoms. The van der Waals surface area contributed by atoms with E-state index in [-0.39, 0.29) is 0 Å². The third-order valence-corrected chi connectivity index (χ3v) is 8.13. The zero-order chi connectivity index (χ0) is 20.0. The minimum absolute atomic E-state index is 0.438. The smallest absolute Gasteiger partial charge is 0.239 e. The molecular formula is C20H24N6O2S. The normalized spacial score (nSPS) is 19.7. The van der Waals surface area contributed by atoms with E-state index in [0.717, 1.165) is 48.7 Å². The number of benzene rings is 1. The van der Waals surface area contributed by atoms with E-state index in [9.17, 15) is 8.42 Å². The summed E-state index contributed by atoms with van der Waals surface area (Å²) in [5, 5.41) is 12.5. The number of piperidine rings is 1. The van der Waals surface area contributed by atoms with Crippen molar-refractivity contribution in [2.45, 2.75) is 37.9 Å². The van der Waals surface area contributed by atoms with Gasteiger partial charge in [-0.05, 0) is 43.0 Å². The first-order valence-corrected chi connectivity index (χ1v) is 11.6. The summed E-state index contributed by atoms with van der Waals surface area (Å²) in [5.74, 6) is 1.57. The van der Waals surface area contributed by atoms with Gasteiger partial charge in [-0.15, -0.1) is 15.3 Å². The molecule has 0 saturated carbocycles. The van der Waals surface area contributed by atoms with Crippen molar-refractivity contribution in [1.29, 1.82) is 0 Å². The summed E-state index contributed by atoms with van der Waals surface area (Å²) in [5.41, 5.74) is 2.65. The maximum absolute atomic E-state index is 13.5. The molecule has 0 N–H and O–H groups in total. The molecule has 2 aliphatic heterocycles. The van der Waals surface area contributed by atoms with E-state index in [0.29, 0.717) is 25.2 Å². The summed E-state index contributed by atoms with van der Waals surface area (Å²) in [4.78, 5) is 2.08. The van der Waals surface area contributed by atoms with Gasteiger partial charge in [-0.1, -0.05) is 25.1 Å². The molecule has 1 atom stereocenters. The fraction of sp³-hybridized carbons (Fsp3) is 0.450. The van der Waals surface area contributed by atoms with Crippen LogP contribution in [-0.2, 0) is 22.9 Å². The highest BCUT2D eigenvalue weighted by molar-refractivity contribution is 7.93. The third-order valence-electron chi connectivity index (χ3n) is 5.90. The van der Waals surface area contributed by atoms with E-state index < -0.39 is 15.3 Å². The van der Waals surface area contributed by atoms with Crippen LogP contribution in [0.4, 0.5) is 11.5 Å². The number of anilines is 2. The molecule has 152 valence electrons. The molecule has 2 aromatic heterocycles. The number of aromatic nitrogens is 4. The summed E-state index contributed by atoms with van der Waals surface area (Å²) in [6.07, 6.45) is 3.01. The fourth-order valence-electron chi connectivity index (χ4n) is 4.35. The zero-order valence-corrected chi connectivity index (χ0v) is 17.2. The summed E-state index contributed by atoms with van der Waals surface area (Å²) >= 11 is 0. The lowest BCUT2D eigenvalue weighted by Gasteiger charge is -2.35. The SMILES string of the molecule is CCc1nnc2ccc(N3CCCC(S(=O)(=O)N4CCc5ccccc54)C3)nn12. The topological polar surface area (TPSA) is 83.7 Å². The Morgan fingerprint density at radius 1 is 1.10 bits per heavy atom. The first kappa shape index (κ1) is 18.4. The molecule has 0 radical (unpaired) electrons. The molecule has 29 heavy (non-hydrogen) atoms. The standard InChI is InChI=1S/C20H24N6O2S/c1-2-18-21-22-19-9-10-20(23-26(18)19)24-12-5-7-16(14-24)29(27,28)25-13-11-15-6-3-4-8-17(15)25/h3-4,6,8-10,16H,2,5,7,11-14H2,1H3. The number of sulfonamides is 1. The van der Waals surface area contributed by atoms with Gasteiger partial charge in [0.15, 0.2) is 11.5 Å². The Morgan fingerprint density at radius 2 is 1.97 bits per heavy atom. The van der Waals surface area contributed by atoms with Crippen molar-refractivity contribution in [3.05, 3.63) is 47.8 Å². The summed E-state index contributed by atoms with van der Waals surface area (Å²) in [6, 6.07) is 11.6. The molecule has 4 heterocycles. The molecule has 1 saturated heterocycles. The van der Waals surface area contributed by atoms with Gasteiger partial charge in [0.05, 0.1) is 10.9 Å². The molecule has 1 aromatic carbocycles. The first-order chi connectivity index (χ1) is 14.1. The summed E-state index contributed by atoms with van der Waals surface area (Å²) < 4.78 is 30.3. The van der Waals surface area contributed by atoms with Gasteiger partial charge in [0.1, 0.15) is 5.82 Å². The highest BCUT2D eigenvalue weighted by Gasteiger charge is 2.38. The van der Waals surface area contributed by atoms with Gasteiger partial charge >= 0.3 is 0 Å². The van der Waals surface area contributed by atoms with Crippen molar-refractivity contribution in [2.24, 2.45) is 0 Å². The van der Waals surface area contributed by atoms with Crippen LogP contribution in [0.15, 0.2) is 36.4 Å². The molecule has 2 aliphatic rings. The average molecular weight is 413 g/mol. The lowest BCUT2D eigenvalue weighted by molar-refractivity contribution is 0.526. The van der Waals surface area contributed by atoms with Crippen molar-refractivity contribution in [3.8, 4) is 0 Å². The predicted molar refractivity (Wildman–Crippen MR) is 112 cm³/mol. The second-order valence-electron chi connectivity index (χ2n) is 7.64. The van der Waals surface area contributed by atoms with Crippen LogP contribution < -0.4 is 9.21 Å². The predicted octanol–water partition coefficient (Wildman–Crippen LogP) is 2.05. The van der Waals surface area contributed by atoms with Crippen LogP contribution in [0.2, 0.25) is 0 Å². The number of nitrogens with zero attached hydrogens (tertiary/aromatic N) is 6. The lowest BCUT2D eigenvalue weighted by Crippen LogP contribution is -2.48. The van der Waals surface area contributed by atoms with Crippen LogP contribution in [0.5, 0.6) is 0 Å². The van der Waals surface area contributed by atoms with Crippen LogP contribution in [0.1, 0.15) is 31.2 Å². The van der Waals surface area contributed by atoms with Gasteiger partial charge in [-0.3, -0.25) is 4.31 Å². The lowest BCUT2D eigenvalue weighted by atomic mass is 10.1. The Balaban J connectivity index is 1.42. The van der Waals surface area contributed by atoms with Crippen molar-refractivity contribution in [1.82, 2.24) is 19.8 Å². The largest absolute Gasteiger partial charge is 0.354 e. The number of hydrogen-bond donors (Lipinski definition) is 0. The summed E-state index contributed by atoms with van der Waals surface area (Å²) in [7, 11) is -3.43. The zero-order valence-electron chi connectivity index (χ0n) is 16.4. The molecule has 3 aromatic rings. The van der Waals surface area contributed by atoms with Gasteiger partial charge in [0, 0.05) is 26.1 Å². The Labute approximate surface area is 170 Å². The minimum atomic E-state index is -3.43. The number of aryl methyl sites for hydroxylation is 1. The molecule has 0 aliphatic carbocycles. The van der Waals surface area contributed by atoms with Crippen LogP contribution in [0, 0.1) is 0 Å². The molecule has 1 fully saturated rings. The number of para-hydroxylation sites is 1. The number of hydrogen-bond acceptors (Lipinski definition) is 6. The molecule has 8 nitrogen and oxygen atoms in total. The van der Waals surface area contributed by atoms with E-state index >= 15 is 0 Å². The number of rotatable bonds is 4. The van der Waals surface area contributed by atoms with E-state index in [1.807, 2.05) is 43.3 Å². The molecular weight excluding hydrogens is 388 g/mol. The van der Waals surface area contributed by atoms with Crippen molar-refractivity contribution < 1.29 is 8.42 Å². The van der Waals surface area contributed by atoms with E-state index in [4.69, 9.17) is 0 Å². The van der Waals surface area contributed by atoms with Gasteiger partial charge in [0.2, 0.25) is 10.0 Å². The van der Waals surface area contributed by atoms with Crippen molar-refractivity contribution in [3.63, 3.8) is 0 Å². The summed E-state index contributed by atoms with van der Waals surface area (Å²) in [6.45, 7) is 3.79. The Hall–Kier alpha value is -2.68. The number of fused-ring (bicyclic) bond motifs is 2. The van der Waals surface area contributed by atoms with Gasteiger partial charge in [0.25, 0.3) is 0 Å². The Morgan fingerprint density at radius 3 is 2.83 bits per heavy atom. The quantitative estimate of drug-likeness (QED) is 0.652. The maximum Gasteiger partial charge on any atom is 0.239 e. The van der Waals surface area contributed by atoms with Gasteiger partial charge in [-0.2, -0.15) is 4.52 Å². The molecule has 0 spiro atoms. The van der Waals surface area contributed by atoms with E-state index in [1.165, 1.54) is 0 Å². The van der Waals surface area contributed by atoms with Gasteiger partial charge < -0.3 is 4.90 Å². The van der Waals surface area contributed by atoms with E-state index in [2.05, 4.69) is 20.2 Å². The highest BCUT2D eigenvalue weighted by Crippen LogP contribution is 2.33. The first-order valence-electron chi connectivity index (χ1n) is 10.1. The monoisotopic (exact) mass is 412 g/mol. The molecule has 5 rings (SSSR count). The Kier molecular flexibility index (Phi) is 4.42. The molecule has 9 heteroatoms. The van der Waals surface area contributed by atoms with Crippen LogP contribution in [0.3, 0.4) is 0 Å². The Bertz CT molecular complexity index is 1160. The second kappa shape index (κ2) is 6.98. The highest BCUT2D eigenvalue weighted by atomic mass is 32.2. The van der Waals surface area contributed by atoms with E-state index in [1.54, 1.807) is 8.82 Å². The average Bonchev–Trinajstić information content (AvgIpc) is 3.37. The third kappa shape index (κ3) is 3.04. The van der Waals surface area contributed by atoms with Crippen LogP contribution in [-0.4, -0.2) is 53.1 Å². The maximum atomic E-state index is 13.5. The van der Waals surface area contributed by atoms with Gasteiger partial charge in [-0.25, -0.2) is 8.42 Å². The molecule has 1 unspecified atom stereocenters. The van der Waals surface area contributed by atoms with Crippen LogP contribution >= 0.6 is 0 Å². The van der Waals surface area contributed by atoms with Crippen molar-refractivity contribution >= 4 is 27.2 Å².